The maximum absolute atomic E-state index is 3.47. The molecule has 14 heavy (non-hydrogen) atoms. The first kappa shape index (κ1) is 10.9. The lowest BCUT2D eigenvalue weighted by molar-refractivity contribution is 0.589. The molecule has 2 unspecified atom stereocenters. The molecule has 0 amide bonds. The van der Waals surface area contributed by atoms with Crippen molar-refractivity contribution in [2.24, 2.45) is 5.92 Å². The van der Waals surface area contributed by atoms with E-state index < -0.39 is 0 Å². The number of hydrogen-bond acceptors (Lipinski definition) is 1. The highest BCUT2D eigenvalue weighted by atomic mass is 127. The van der Waals surface area contributed by atoms with Crippen molar-refractivity contribution in [3.63, 3.8) is 0 Å². The molecule has 1 aromatic rings. The van der Waals surface area contributed by atoms with Crippen LogP contribution in [0.1, 0.15) is 11.5 Å². The molecule has 0 aromatic heterocycles. The van der Waals surface area contributed by atoms with Gasteiger partial charge < -0.3 is 5.32 Å². The van der Waals surface area contributed by atoms with Gasteiger partial charge in [-0.3, -0.25) is 0 Å². The fraction of sp³-hybridized carbons (Fsp3) is 0.455. The summed E-state index contributed by atoms with van der Waals surface area (Å²) in [6, 6.07) is 8.75. The van der Waals surface area contributed by atoms with E-state index >= 15 is 0 Å². The zero-order valence-electron chi connectivity index (χ0n) is 7.84. The van der Waals surface area contributed by atoms with Gasteiger partial charge in [-0.2, -0.15) is 0 Å². The monoisotopic (exact) mass is 365 g/mol. The number of halogens is 2. The summed E-state index contributed by atoms with van der Waals surface area (Å²) in [4.78, 5) is 0. The molecule has 1 heterocycles. The summed E-state index contributed by atoms with van der Waals surface area (Å²) in [5, 5.41) is 3.47. The van der Waals surface area contributed by atoms with E-state index in [9.17, 15) is 0 Å². The molecule has 1 aliphatic heterocycles. The lowest BCUT2D eigenvalue weighted by Crippen LogP contribution is -2.11. The first-order valence-corrected chi connectivity index (χ1v) is 7.15. The van der Waals surface area contributed by atoms with Gasteiger partial charge in [0.2, 0.25) is 0 Å². The Morgan fingerprint density at radius 3 is 2.64 bits per heavy atom. The molecule has 0 saturated carbocycles. The quantitative estimate of drug-likeness (QED) is 0.627. The van der Waals surface area contributed by atoms with Crippen LogP contribution in [0.5, 0.6) is 0 Å². The van der Waals surface area contributed by atoms with Gasteiger partial charge in [-0.1, -0.05) is 50.7 Å². The maximum Gasteiger partial charge on any atom is 0.0175 e. The molecule has 76 valence electrons. The second kappa shape index (κ2) is 4.94. The van der Waals surface area contributed by atoms with Gasteiger partial charge in [0.1, 0.15) is 0 Å². The van der Waals surface area contributed by atoms with Gasteiger partial charge >= 0.3 is 0 Å². The molecule has 2 rings (SSSR count). The van der Waals surface area contributed by atoms with E-state index in [1.165, 1.54) is 21.0 Å². The zero-order chi connectivity index (χ0) is 9.97. The maximum atomic E-state index is 3.47. The number of nitrogens with one attached hydrogen (secondary N) is 1. The van der Waals surface area contributed by atoms with E-state index in [0.717, 1.165) is 12.5 Å². The van der Waals surface area contributed by atoms with Gasteiger partial charge in [-0.05, 0) is 30.2 Å². The Morgan fingerprint density at radius 2 is 2.00 bits per heavy atom. The topological polar surface area (TPSA) is 12.0 Å². The lowest BCUT2D eigenvalue weighted by atomic mass is 9.90. The van der Waals surface area contributed by atoms with Crippen molar-refractivity contribution >= 4 is 38.5 Å². The summed E-state index contributed by atoms with van der Waals surface area (Å²) in [7, 11) is 0. The van der Waals surface area contributed by atoms with Crippen molar-refractivity contribution < 1.29 is 0 Å². The zero-order valence-corrected chi connectivity index (χ0v) is 11.6. The van der Waals surface area contributed by atoms with Gasteiger partial charge in [0.15, 0.2) is 0 Å². The highest BCUT2D eigenvalue weighted by molar-refractivity contribution is 14.1. The summed E-state index contributed by atoms with van der Waals surface area (Å²) < 4.78 is 2.41. The van der Waals surface area contributed by atoms with E-state index in [1.54, 1.807) is 0 Å². The molecular formula is C11H13BrIN. The van der Waals surface area contributed by atoms with Crippen molar-refractivity contribution in [2.75, 3.05) is 17.5 Å². The molecule has 1 saturated heterocycles. The molecule has 3 heteroatoms. The van der Waals surface area contributed by atoms with Gasteiger partial charge in [0.05, 0.1) is 0 Å². The number of alkyl halides is 1. The predicted octanol–water partition coefficient (Wildman–Crippen LogP) is 3.19. The highest BCUT2D eigenvalue weighted by Gasteiger charge is 2.26. The van der Waals surface area contributed by atoms with Crippen molar-refractivity contribution in [3.05, 3.63) is 34.3 Å². The minimum absolute atomic E-state index is 0.708. The van der Waals surface area contributed by atoms with Crippen LogP contribution in [0.15, 0.2) is 28.7 Å². The summed E-state index contributed by atoms with van der Waals surface area (Å²) in [6.45, 7) is 2.30. The normalized spacial score (nSPS) is 26.7. The SMILES string of the molecule is Brc1ccc(C2CNCC2CI)cc1. The van der Waals surface area contributed by atoms with Crippen LogP contribution in [-0.2, 0) is 0 Å². The first-order valence-electron chi connectivity index (χ1n) is 4.83. The first-order chi connectivity index (χ1) is 6.81. The van der Waals surface area contributed by atoms with Crippen molar-refractivity contribution in [1.82, 2.24) is 5.32 Å². The number of hydrogen-bond donors (Lipinski definition) is 1. The van der Waals surface area contributed by atoms with Crippen molar-refractivity contribution in [1.29, 1.82) is 0 Å². The Labute approximate surface area is 107 Å². The molecule has 0 aliphatic carbocycles. The van der Waals surface area contributed by atoms with Gasteiger partial charge in [-0.15, -0.1) is 0 Å². The average molecular weight is 366 g/mol. The van der Waals surface area contributed by atoms with Crippen LogP contribution in [0.25, 0.3) is 0 Å². The molecule has 0 bridgehead atoms. The number of benzene rings is 1. The summed E-state index contributed by atoms with van der Waals surface area (Å²) in [5.41, 5.74) is 1.47. The van der Waals surface area contributed by atoms with Crippen LogP contribution in [-0.4, -0.2) is 17.5 Å². The fourth-order valence-electron chi connectivity index (χ4n) is 2.00. The summed E-state index contributed by atoms with van der Waals surface area (Å²) >= 11 is 5.96. The molecule has 1 fully saturated rings. The van der Waals surface area contributed by atoms with Crippen LogP contribution >= 0.6 is 38.5 Å². The highest BCUT2D eigenvalue weighted by Crippen LogP contribution is 2.30. The third-order valence-electron chi connectivity index (χ3n) is 2.84. The Hall–Kier alpha value is 0.390. The third kappa shape index (κ3) is 2.31. The summed E-state index contributed by atoms with van der Waals surface area (Å²) in [6.07, 6.45) is 0. The van der Waals surface area contributed by atoms with Crippen molar-refractivity contribution in [2.45, 2.75) is 5.92 Å². The Balaban J connectivity index is 2.17. The number of rotatable bonds is 2. The average Bonchev–Trinajstić information content (AvgIpc) is 2.67. The smallest absolute Gasteiger partial charge is 0.0175 e. The van der Waals surface area contributed by atoms with E-state index in [4.69, 9.17) is 0 Å². The summed E-state index contributed by atoms with van der Waals surface area (Å²) in [5.74, 6) is 1.51. The molecule has 2 atom stereocenters. The second-order valence-corrected chi connectivity index (χ2v) is 5.53. The van der Waals surface area contributed by atoms with E-state index in [0.29, 0.717) is 5.92 Å². The molecule has 1 aliphatic rings. The van der Waals surface area contributed by atoms with Crippen LogP contribution in [0, 0.1) is 5.92 Å². The lowest BCUT2D eigenvalue weighted by Gasteiger charge is -2.16. The Kier molecular flexibility index (Phi) is 3.85. The van der Waals surface area contributed by atoms with Crippen LogP contribution in [0.4, 0.5) is 0 Å². The van der Waals surface area contributed by atoms with Gasteiger partial charge in [0.25, 0.3) is 0 Å². The Morgan fingerprint density at radius 1 is 1.29 bits per heavy atom. The van der Waals surface area contributed by atoms with Crippen LogP contribution in [0.2, 0.25) is 0 Å². The van der Waals surface area contributed by atoms with Crippen LogP contribution < -0.4 is 5.32 Å². The van der Waals surface area contributed by atoms with Gasteiger partial charge in [-0.25, -0.2) is 0 Å². The van der Waals surface area contributed by atoms with E-state index in [-0.39, 0.29) is 0 Å². The molecule has 1 aromatic carbocycles. The van der Waals surface area contributed by atoms with E-state index in [2.05, 4.69) is 68.1 Å². The van der Waals surface area contributed by atoms with E-state index in [1.807, 2.05) is 0 Å². The molecule has 0 spiro atoms. The molecule has 1 nitrogen and oxygen atoms in total. The largest absolute Gasteiger partial charge is 0.316 e. The Bertz CT molecular complexity index is 299. The minimum atomic E-state index is 0.708. The predicted molar refractivity (Wildman–Crippen MR) is 72.1 cm³/mol. The van der Waals surface area contributed by atoms with Crippen molar-refractivity contribution in [3.8, 4) is 0 Å². The minimum Gasteiger partial charge on any atom is -0.316 e. The van der Waals surface area contributed by atoms with Gasteiger partial charge in [0, 0.05) is 21.4 Å². The molecule has 1 N–H and O–H groups in total. The molecular weight excluding hydrogens is 353 g/mol. The van der Waals surface area contributed by atoms with Crippen LogP contribution in [0.3, 0.4) is 0 Å². The molecule has 0 radical (unpaired) electrons. The standard InChI is InChI=1S/C11H13BrIN/c12-10-3-1-8(2-4-10)11-7-14-6-9(11)5-13/h1-4,9,11,14H,5-7H2. The fourth-order valence-corrected chi connectivity index (χ4v) is 3.18. The second-order valence-electron chi connectivity index (χ2n) is 3.73. The third-order valence-corrected chi connectivity index (χ3v) is 4.50.